The molecule has 0 amide bonds. The molecule has 0 aromatic rings. The fourth-order valence-corrected chi connectivity index (χ4v) is 1.29. The third-order valence-electron chi connectivity index (χ3n) is 2.06. The molecule has 0 aromatic heterocycles. The third-order valence-corrected chi connectivity index (χ3v) is 2.06. The Bertz CT molecular complexity index is 196. The molecule has 2 unspecified atom stereocenters. The van der Waals surface area contributed by atoms with Gasteiger partial charge in [-0.25, -0.2) is 0 Å². The van der Waals surface area contributed by atoms with E-state index in [2.05, 4.69) is 0 Å². The van der Waals surface area contributed by atoms with Gasteiger partial charge in [0.1, 0.15) is 6.23 Å². The lowest BCUT2D eigenvalue weighted by molar-refractivity contribution is -0.147. The number of hydrogen-bond donors (Lipinski definition) is 1. The molecule has 82 valence electrons. The summed E-state index contributed by atoms with van der Waals surface area (Å²) in [5, 5.41) is 9.43. The molecule has 5 heteroatoms. The highest BCUT2D eigenvalue weighted by molar-refractivity contribution is 4.92. The Kier molecular flexibility index (Phi) is 4.19. The van der Waals surface area contributed by atoms with Crippen molar-refractivity contribution in [3.8, 4) is 0 Å². The van der Waals surface area contributed by atoms with Crippen LogP contribution in [0.1, 0.15) is 6.92 Å². The summed E-state index contributed by atoms with van der Waals surface area (Å²) in [6.07, 6.45) is 2.89. The zero-order valence-electron chi connectivity index (χ0n) is 8.88. The molecule has 0 spiro atoms. The van der Waals surface area contributed by atoms with E-state index >= 15 is 0 Å². The van der Waals surface area contributed by atoms with Gasteiger partial charge in [-0.2, -0.15) is 0 Å². The summed E-state index contributed by atoms with van der Waals surface area (Å²) >= 11 is 0. The molecule has 1 aliphatic rings. The predicted octanol–water partition coefficient (Wildman–Crippen LogP) is -0.0101. The van der Waals surface area contributed by atoms with Crippen molar-refractivity contribution < 1.29 is 14.6 Å². The Morgan fingerprint density at radius 3 is 2.71 bits per heavy atom. The number of methoxy groups -OCH3 is 1. The van der Waals surface area contributed by atoms with E-state index in [1.54, 1.807) is 18.9 Å². The number of ether oxygens (including phenoxy) is 2. The van der Waals surface area contributed by atoms with Crippen LogP contribution < -0.4 is 0 Å². The molecule has 2 atom stereocenters. The van der Waals surface area contributed by atoms with E-state index in [9.17, 15) is 5.11 Å². The van der Waals surface area contributed by atoms with Crippen molar-refractivity contribution in [3.63, 3.8) is 0 Å². The van der Waals surface area contributed by atoms with Gasteiger partial charge in [0.2, 0.25) is 6.35 Å². The molecule has 1 heterocycles. The van der Waals surface area contributed by atoms with Crippen molar-refractivity contribution >= 4 is 0 Å². The van der Waals surface area contributed by atoms with Gasteiger partial charge < -0.3 is 24.4 Å². The second-order valence-electron chi connectivity index (χ2n) is 3.23. The first-order valence-corrected chi connectivity index (χ1v) is 4.63. The third kappa shape index (κ3) is 2.60. The standard InChI is InChI=1S/C9H18N2O3/c1-8(12)11-5-4-10(2)9(11)14-7-6-13-3/h4-5,8-9,12H,6-7H2,1-3H3. The molecule has 0 fully saturated rings. The lowest BCUT2D eigenvalue weighted by atomic mass is 10.5. The Morgan fingerprint density at radius 1 is 1.43 bits per heavy atom. The molecule has 0 saturated carbocycles. The zero-order valence-corrected chi connectivity index (χ0v) is 8.88. The van der Waals surface area contributed by atoms with Crippen LogP contribution in [0.15, 0.2) is 12.4 Å². The first kappa shape index (κ1) is 11.3. The van der Waals surface area contributed by atoms with Crippen LogP contribution in [0.2, 0.25) is 0 Å². The highest BCUT2D eigenvalue weighted by Crippen LogP contribution is 2.16. The quantitative estimate of drug-likeness (QED) is 0.635. The number of aliphatic hydroxyl groups excluding tert-OH is 1. The van der Waals surface area contributed by atoms with Gasteiger partial charge in [0.05, 0.1) is 13.2 Å². The SMILES string of the molecule is COCCOC1N(C)C=CN1C(C)O. The minimum atomic E-state index is -0.552. The number of hydrogen-bond acceptors (Lipinski definition) is 5. The summed E-state index contributed by atoms with van der Waals surface area (Å²) < 4.78 is 10.4. The van der Waals surface area contributed by atoms with Crippen molar-refractivity contribution in [1.82, 2.24) is 9.80 Å². The summed E-state index contributed by atoms with van der Waals surface area (Å²) in [7, 11) is 3.53. The summed E-state index contributed by atoms with van der Waals surface area (Å²) in [6, 6.07) is 0. The fraction of sp³-hybridized carbons (Fsp3) is 0.778. The molecule has 0 bridgehead atoms. The summed E-state index contributed by atoms with van der Waals surface area (Å²) in [5.41, 5.74) is 0. The van der Waals surface area contributed by atoms with E-state index in [0.29, 0.717) is 13.2 Å². The van der Waals surface area contributed by atoms with E-state index in [-0.39, 0.29) is 6.35 Å². The Labute approximate surface area is 84.5 Å². The molecule has 1 N–H and O–H groups in total. The van der Waals surface area contributed by atoms with Gasteiger partial charge in [0, 0.05) is 26.6 Å². The summed E-state index contributed by atoms with van der Waals surface area (Å²) in [6.45, 7) is 2.77. The topological polar surface area (TPSA) is 45.2 Å². The molecule has 0 aromatic carbocycles. The number of aliphatic hydroxyl groups is 1. The highest BCUT2D eigenvalue weighted by Gasteiger charge is 2.26. The minimum Gasteiger partial charge on any atom is -0.382 e. The molecule has 1 rings (SSSR count). The van der Waals surface area contributed by atoms with Crippen molar-refractivity contribution in [2.75, 3.05) is 27.4 Å². The largest absolute Gasteiger partial charge is 0.382 e. The maximum atomic E-state index is 9.43. The van der Waals surface area contributed by atoms with E-state index in [1.165, 1.54) is 0 Å². The van der Waals surface area contributed by atoms with E-state index < -0.39 is 6.23 Å². The average molecular weight is 202 g/mol. The molecule has 0 radical (unpaired) electrons. The van der Waals surface area contributed by atoms with Crippen LogP contribution in [0.5, 0.6) is 0 Å². The van der Waals surface area contributed by atoms with Crippen LogP contribution in [0.25, 0.3) is 0 Å². The van der Waals surface area contributed by atoms with Gasteiger partial charge in [-0.3, -0.25) is 0 Å². The smallest absolute Gasteiger partial charge is 0.211 e. The number of rotatable bonds is 5. The van der Waals surface area contributed by atoms with Crippen LogP contribution >= 0.6 is 0 Å². The first-order chi connectivity index (χ1) is 6.66. The van der Waals surface area contributed by atoms with Gasteiger partial charge in [-0.05, 0) is 6.92 Å². The maximum Gasteiger partial charge on any atom is 0.211 e. The lowest BCUT2D eigenvalue weighted by Crippen LogP contribution is -2.43. The van der Waals surface area contributed by atoms with Crippen LogP contribution in [0.4, 0.5) is 0 Å². The first-order valence-electron chi connectivity index (χ1n) is 4.63. The second-order valence-corrected chi connectivity index (χ2v) is 3.23. The number of nitrogens with zero attached hydrogens (tertiary/aromatic N) is 2. The van der Waals surface area contributed by atoms with E-state index in [0.717, 1.165) is 0 Å². The second kappa shape index (κ2) is 5.19. The van der Waals surface area contributed by atoms with Gasteiger partial charge in [0.15, 0.2) is 0 Å². The molecule has 0 saturated heterocycles. The minimum absolute atomic E-state index is 0.231. The molecular formula is C9H18N2O3. The van der Waals surface area contributed by atoms with Crippen LogP contribution in [0.3, 0.4) is 0 Å². The van der Waals surface area contributed by atoms with Crippen molar-refractivity contribution in [2.45, 2.75) is 19.5 Å². The lowest BCUT2D eigenvalue weighted by Gasteiger charge is -2.31. The molecular weight excluding hydrogens is 184 g/mol. The predicted molar refractivity (Wildman–Crippen MR) is 52.0 cm³/mol. The van der Waals surface area contributed by atoms with Crippen LogP contribution in [0, 0.1) is 0 Å². The van der Waals surface area contributed by atoms with Crippen LogP contribution in [-0.2, 0) is 9.47 Å². The van der Waals surface area contributed by atoms with Crippen molar-refractivity contribution in [2.24, 2.45) is 0 Å². The van der Waals surface area contributed by atoms with E-state index in [4.69, 9.17) is 9.47 Å². The zero-order chi connectivity index (χ0) is 10.6. The van der Waals surface area contributed by atoms with Gasteiger partial charge in [-0.1, -0.05) is 0 Å². The Morgan fingerprint density at radius 2 is 2.14 bits per heavy atom. The van der Waals surface area contributed by atoms with Gasteiger partial charge >= 0.3 is 0 Å². The van der Waals surface area contributed by atoms with E-state index in [1.807, 2.05) is 24.3 Å². The van der Waals surface area contributed by atoms with Crippen LogP contribution in [-0.4, -0.2) is 54.9 Å². The van der Waals surface area contributed by atoms with Gasteiger partial charge in [-0.15, -0.1) is 0 Å². The normalized spacial score (nSPS) is 23.3. The molecule has 14 heavy (non-hydrogen) atoms. The fourth-order valence-electron chi connectivity index (χ4n) is 1.29. The Balaban J connectivity index is 2.40. The monoisotopic (exact) mass is 202 g/mol. The van der Waals surface area contributed by atoms with Crippen molar-refractivity contribution in [3.05, 3.63) is 12.4 Å². The molecule has 1 aliphatic heterocycles. The molecule has 0 aliphatic carbocycles. The van der Waals surface area contributed by atoms with Crippen molar-refractivity contribution in [1.29, 1.82) is 0 Å². The maximum absolute atomic E-state index is 9.43. The molecule has 5 nitrogen and oxygen atoms in total. The summed E-state index contributed by atoms with van der Waals surface area (Å²) in [4.78, 5) is 3.62. The Hall–Kier alpha value is -0.780. The average Bonchev–Trinajstić information content (AvgIpc) is 2.48. The van der Waals surface area contributed by atoms with Gasteiger partial charge in [0.25, 0.3) is 0 Å². The summed E-state index contributed by atoms with van der Waals surface area (Å²) in [5.74, 6) is 0. The highest BCUT2D eigenvalue weighted by atomic mass is 16.5.